The molecule has 2 rings (SSSR count). The van der Waals surface area contributed by atoms with Gasteiger partial charge < -0.3 is 15.0 Å². The highest BCUT2D eigenvalue weighted by Crippen LogP contribution is 2.32. The van der Waals surface area contributed by atoms with Gasteiger partial charge in [-0.3, -0.25) is 4.79 Å². The molecule has 4 nitrogen and oxygen atoms in total. The van der Waals surface area contributed by atoms with E-state index in [0.29, 0.717) is 26.3 Å². The third-order valence-corrected chi connectivity index (χ3v) is 3.87. The molecule has 1 N–H and O–H groups in total. The highest BCUT2D eigenvalue weighted by Gasteiger charge is 2.27. The molecule has 22 heavy (non-hydrogen) atoms. The summed E-state index contributed by atoms with van der Waals surface area (Å²) < 4.78 is 18.7. The molecule has 1 aromatic carbocycles. The van der Waals surface area contributed by atoms with Crippen LogP contribution in [0.3, 0.4) is 0 Å². The molecule has 122 valence electrons. The molecule has 5 heteroatoms. The number of benzene rings is 1. The Morgan fingerprint density at radius 2 is 2.05 bits per heavy atom. The van der Waals surface area contributed by atoms with E-state index in [1.807, 2.05) is 11.0 Å². The first-order valence-electron chi connectivity index (χ1n) is 7.72. The topological polar surface area (TPSA) is 41.6 Å². The van der Waals surface area contributed by atoms with Crippen LogP contribution < -0.4 is 5.32 Å². The van der Waals surface area contributed by atoms with Gasteiger partial charge in [-0.05, 0) is 23.1 Å². The average molecular weight is 308 g/mol. The lowest BCUT2D eigenvalue weighted by molar-refractivity contribution is -0.134. The van der Waals surface area contributed by atoms with Gasteiger partial charge in [0.05, 0.1) is 19.8 Å². The van der Waals surface area contributed by atoms with Crippen molar-refractivity contribution in [3.63, 3.8) is 0 Å². The Balaban J connectivity index is 2.03. The van der Waals surface area contributed by atoms with Gasteiger partial charge in [-0.2, -0.15) is 0 Å². The van der Waals surface area contributed by atoms with Gasteiger partial charge in [0.1, 0.15) is 5.82 Å². The van der Waals surface area contributed by atoms with Crippen molar-refractivity contribution < 1.29 is 13.9 Å². The summed E-state index contributed by atoms with van der Waals surface area (Å²) in [4.78, 5) is 14.1. The van der Waals surface area contributed by atoms with E-state index < -0.39 is 0 Å². The van der Waals surface area contributed by atoms with Gasteiger partial charge in [0.15, 0.2) is 0 Å². The third-order valence-electron chi connectivity index (χ3n) is 3.87. The van der Waals surface area contributed by atoms with Crippen LogP contribution in [0.5, 0.6) is 0 Å². The van der Waals surface area contributed by atoms with Crippen LogP contribution in [0.25, 0.3) is 0 Å². The zero-order valence-electron chi connectivity index (χ0n) is 13.6. The third kappa shape index (κ3) is 4.52. The zero-order chi connectivity index (χ0) is 16.2. The summed E-state index contributed by atoms with van der Waals surface area (Å²) in [7, 11) is 0. The number of hydrogen-bond acceptors (Lipinski definition) is 3. The lowest BCUT2D eigenvalue weighted by Crippen LogP contribution is -2.46. The highest BCUT2D eigenvalue weighted by molar-refractivity contribution is 5.78. The van der Waals surface area contributed by atoms with Gasteiger partial charge in [-0.1, -0.05) is 32.9 Å². The van der Waals surface area contributed by atoms with Crippen LogP contribution in [-0.4, -0.2) is 43.7 Å². The Morgan fingerprint density at radius 1 is 1.36 bits per heavy atom. The Kier molecular flexibility index (Phi) is 5.53. The lowest BCUT2D eigenvalue weighted by atomic mass is 9.82. The summed E-state index contributed by atoms with van der Waals surface area (Å²) >= 11 is 0. The number of nitrogens with one attached hydrogen (secondary N) is 1. The predicted molar refractivity (Wildman–Crippen MR) is 84.0 cm³/mol. The summed E-state index contributed by atoms with van der Waals surface area (Å²) in [5.41, 5.74) is 0.737. The molecule has 0 unspecified atom stereocenters. The first-order valence-corrected chi connectivity index (χ1v) is 7.72. The second kappa shape index (κ2) is 7.20. The van der Waals surface area contributed by atoms with Gasteiger partial charge in [0, 0.05) is 19.1 Å². The normalized spacial score (nSPS) is 17.4. The lowest BCUT2D eigenvalue weighted by Gasteiger charge is -2.33. The Morgan fingerprint density at radius 3 is 2.64 bits per heavy atom. The summed E-state index contributed by atoms with van der Waals surface area (Å²) in [6.07, 6.45) is 0. The van der Waals surface area contributed by atoms with E-state index in [1.165, 1.54) is 12.1 Å². The van der Waals surface area contributed by atoms with Crippen LogP contribution in [0.1, 0.15) is 32.4 Å². The van der Waals surface area contributed by atoms with E-state index in [9.17, 15) is 9.18 Å². The molecule has 1 saturated heterocycles. The average Bonchev–Trinajstić information content (AvgIpc) is 2.47. The van der Waals surface area contributed by atoms with Crippen LogP contribution in [0.4, 0.5) is 4.39 Å². The van der Waals surface area contributed by atoms with Crippen molar-refractivity contribution in [3.05, 3.63) is 35.6 Å². The van der Waals surface area contributed by atoms with Crippen molar-refractivity contribution in [2.24, 2.45) is 5.41 Å². The molecule has 1 aromatic rings. The van der Waals surface area contributed by atoms with Crippen molar-refractivity contribution in [3.8, 4) is 0 Å². The molecule has 1 amide bonds. The molecule has 1 aliphatic rings. The zero-order valence-corrected chi connectivity index (χ0v) is 13.6. The molecular formula is C17H25FN2O2. The van der Waals surface area contributed by atoms with E-state index in [0.717, 1.165) is 5.56 Å². The SMILES string of the molecule is CC(C)(C)[C@@H](NCC(=O)N1CCOCC1)c1cccc(F)c1. The first-order chi connectivity index (χ1) is 10.4. The summed E-state index contributed by atoms with van der Waals surface area (Å²) in [6, 6.07) is 6.47. The van der Waals surface area contributed by atoms with E-state index in [-0.39, 0.29) is 29.7 Å². The van der Waals surface area contributed by atoms with Crippen molar-refractivity contribution in [1.82, 2.24) is 10.2 Å². The van der Waals surface area contributed by atoms with Crippen LogP contribution in [-0.2, 0) is 9.53 Å². The fraction of sp³-hybridized carbons (Fsp3) is 0.588. The fourth-order valence-corrected chi connectivity index (χ4v) is 2.72. The minimum absolute atomic E-state index is 0.0638. The fourth-order valence-electron chi connectivity index (χ4n) is 2.72. The number of halogens is 1. The van der Waals surface area contributed by atoms with Crippen molar-refractivity contribution >= 4 is 5.91 Å². The number of morpholine rings is 1. The summed E-state index contributed by atoms with van der Waals surface area (Å²) in [5.74, 6) is -0.193. The molecule has 0 saturated carbocycles. The minimum Gasteiger partial charge on any atom is -0.378 e. The van der Waals surface area contributed by atoms with Crippen molar-refractivity contribution in [2.45, 2.75) is 26.8 Å². The first kappa shape index (κ1) is 16.9. The molecule has 1 aliphatic heterocycles. The number of rotatable bonds is 4. The van der Waals surface area contributed by atoms with E-state index in [2.05, 4.69) is 26.1 Å². The Labute approximate surface area is 131 Å². The molecule has 0 radical (unpaired) electrons. The number of carbonyl (C=O) groups excluding carboxylic acids is 1. The quantitative estimate of drug-likeness (QED) is 0.928. The number of ether oxygens (including phenoxy) is 1. The number of amides is 1. The van der Waals surface area contributed by atoms with Gasteiger partial charge in [0.2, 0.25) is 5.91 Å². The van der Waals surface area contributed by atoms with Crippen LogP contribution in [0, 0.1) is 11.2 Å². The smallest absolute Gasteiger partial charge is 0.236 e. The molecule has 1 heterocycles. The maximum atomic E-state index is 13.5. The molecule has 1 fully saturated rings. The summed E-state index contributed by atoms with van der Waals surface area (Å²) in [5, 5.41) is 3.30. The maximum Gasteiger partial charge on any atom is 0.236 e. The van der Waals surface area contributed by atoms with E-state index in [1.54, 1.807) is 6.07 Å². The molecular weight excluding hydrogens is 283 g/mol. The van der Waals surface area contributed by atoms with Gasteiger partial charge in [-0.15, -0.1) is 0 Å². The minimum atomic E-state index is -0.256. The van der Waals surface area contributed by atoms with Crippen molar-refractivity contribution in [2.75, 3.05) is 32.8 Å². The largest absolute Gasteiger partial charge is 0.378 e. The molecule has 1 atom stereocenters. The molecule has 0 aromatic heterocycles. The standard InChI is InChI=1S/C17H25FN2O2/c1-17(2,3)16(13-5-4-6-14(18)11-13)19-12-15(21)20-7-9-22-10-8-20/h4-6,11,16,19H,7-10,12H2,1-3H3/t16-/m0/s1. The van der Waals surface area contributed by atoms with Gasteiger partial charge in [0.25, 0.3) is 0 Å². The highest BCUT2D eigenvalue weighted by atomic mass is 19.1. The monoisotopic (exact) mass is 308 g/mol. The molecule has 0 spiro atoms. The number of hydrogen-bond donors (Lipinski definition) is 1. The predicted octanol–water partition coefficient (Wildman–Crippen LogP) is 2.36. The van der Waals surface area contributed by atoms with Gasteiger partial charge >= 0.3 is 0 Å². The number of nitrogens with zero attached hydrogens (tertiary/aromatic N) is 1. The van der Waals surface area contributed by atoms with Crippen LogP contribution in [0.15, 0.2) is 24.3 Å². The summed E-state index contributed by atoms with van der Waals surface area (Å²) in [6.45, 7) is 8.95. The molecule has 0 aliphatic carbocycles. The Bertz CT molecular complexity index is 508. The van der Waals surface area contributed by atoms with Crippen LogP contribution >= 0.6 is 0 Å². The van der Waals surface area contributed by atoms with E-state index in [4.69, 9.17) is 4.74 Å². The number of carbonyl (C=O) groups is 1. The maximum absolute atomic E-state index is 13.5. The Hall–Kier alpha value is -1.46. The second-order valence-corrected chi connectivity index (χ2v) is 6.73. The van der Waals surface area contributed by atoms with E-state index >= 15 is 0 Å². The van der Waals surface area contributed by atoms with Gasteiger partial charge in [-0.25, -0.2) is 4.39 Å². The second-order valence-electron chi connectivity index (χ2n) is 6.73. The van der Waals surface area contributed by atoms with Crippen LogP contribution in [0.2, 0.25) is 0 Å². The van der Waals surface area contributed by atoms with Crippen molar-refractivity contribution in [1.29, 1.82) is 0 Å². The molecule has 0 bridgehead atoms.